The third-order valence-electron chi connectivity index (χ3n) is 7.03. The van der Waals surface area contributed by atoms with Crippen molar-refractivity contribution in [2.24, 2.45) is 17.3 Å². The van der Waals surface area contributed by atoms with Gasteiger partial charge in [-0.05, 0) is 42.9 Å². The second kappa shape index (κ2) is 9.33. The summed E-state index contributed by atoms with van der Waals surface area (Å²) in [6.45, 7) is 9.80. The molecule has 182 valence electrons. The van der Waals surface area contributed by atoms with Crippen LogP contribution in [0.1, 0.15) is 51.3 Å². The van der Waals surface area contributed by atoms with Crippen LogP contribution in [0.2, 0.25) is 0 Å². The highest BCUT2D eigenvalue weighted by atomic mass is 16.6. The van der Waals surface area contributed by atoms with Crippen molar-refractivity contribution in [1.29, 1.82) is 0 Å². The number of benzene rings is 3. The Morgan fingerprint density at radius 3 is 1.51 bits per heavy atom. The third kappa shape index (κ3) is 4.75. The summed E-state index contributed by atoms with van der Waals surface area (Å²) in [5.74, 6) is -0.980. The zero-order chi connectivity index (χ0) is 25.3. The molecule has 0 aliphatic heterocycles. The molecule has 0 spiro atoms. The summed E-state index contributed by atoms with van der Waals surface area (Å²) in [4.78, 5) is 27.0. The number of rotatable bonds is 7. The zero-order valence-electron chi connectivity index (χ0n) is 21.2. The Labute approximate surface area is 208 Å². The fraction of sp³-hybridized carbons (Fsp3) is 0.355. The largest absolute Gasteiger partial charge is 0.464 e. The van der Waals surface area contributed by atoms with E-state index in [0.29, 0.717) is 0 Å². The van der Waals surface area contributed by atoms with Crippen LogP contribution < -0.4 is 0 Å². The van der Waals surface area contributed by atoms with Gasteiger partial charge in [-0.1, -0.05) is 105 Å². The van der Waals surface area contributed by atoms with Gasteiger partial charge in [0.15, 0.2) is 0 Å². The molecule has 4 rings (SSSR count). The number of hydrogen-bond acceptors (Lipinski definition) is 4. The van der Waals surface area contributed by atoms with E-state index in [1.54, 1.807) is 0 Å². The molecule has 3 aromatic rings. The van der Waals surface area contributed by atoms with Crippen molar-refractivity contribution >= 4 is 11.9 Å². The van der Waals surface area contributed by atoms with E-state index in [-0.39, 0.29) is 35.8 Å². The fourth-order valence-corrected chi connectivity index (χ4v) is 5.08. The first-order chi connectivity index (χ1) is 16.6. The predicted molar refractivity (Wildman–Crippen MR) is 137 cm³/mol. The second-order valence-corrected chi connectivity index (χ2v) is 10.9. The fourth-order valence-electron chi connectivity index (χ4n) is 5.08. The minimum atomic E-state index is -1.13. The molecule has 0 bridgehead atoms. The van der Waals surface area contributed by atoms with Crippen LogP contribution in [0.25, 0.3) is 0 Å². The van der Waals surface area contributed by atoms with E-state index < -0.39 is 11.0 Å². The van der Waals surface area contributed by atoms with Gasteiger partial charge in [0.25, 0.3) is 0 Å². The van der Waals surface area contributed by atoms with Crippen molar-refractivity contribution in [2.45, 2.75) is 45.6 Å². The van der Waals surface area contributed by atoms with Gasteiger partial charge < -0.3 is 9.47 Å². The first-order valence-corrected chi connectivity index (χ1v) is 12.1. The first kappa shape index (κ1) is 24.7. The van der Waals surface area contributed by atoms with Crippen LogP contribution in [0.3, 0.4) is 0 Å². The van der Waals surface area contributed by atoms with Crippen molar-refractivity contribution in [2.75, 3.05) is 6.61 Å². The summed E-state index contributed by atoms with van der Waals surface area (Å²) in [5, 5.41) is 0. The molecule has 1 aliphatic rings. The van der Waals surface area contributed by atoms with Gasteiger partial charge in [-0.3, -0.25) is 9.59 Å². The highest BCUT2D eigenvalue weighted by Crippen LogP contribution is 2.59. The minimum absolute atomic E-state index is 0.0960. The number of ether oxygens (including phenoxy) is 2. The monoisotopic (exact) mass is 470 g/mol. The number of hydrogen-bond donors (Lipinski definition) is 0. The summed E-state index contributed by atoms with van der Waals surface area (Å²) in [6.07, 6.45) is 0. The Morgan fingerprint density at radius 2 is 1.14 bits per heavy atom. The molecule has 1 saturated carbocycles. The Balaban J connectivity index is 1.69. The van der Waals surface area contributed by atoms with E-state index >= 15 is 0 Å². The van der Waals surface area contributed by atoms with Gasteiger partial charge in [0.2, 0.25) is 0 Å². The number of carbonyl (C=O) groups is 2. The lowest BCUT2D eigenvalue weighted by molar-refractivity contribution is -0.158. The topological polar surface area (TPSA) is 52.6 Å². The Morgan fingerprint density at radius 1 is 0.743 bits per heavy atom. The summed E-state index contributed by atoms with van der Waals surface area (Å²) < 4.78 is 11.7. The van der Waals surface area contributed by atoms with Crippen LogP contribution in [0.4, 0.5) is 0 Å². The molecule has 1 fully saturated rings. The molecule has 2 unspecified atom stereocenters. The highest BCUT2D eigenvalue weighted by molar-refractivity contribution is 5.92. The highest BCUT2D eigenvalue weighted by Gasteiger charge is 2.64. The molecule has 0 N–H and O–H groups in total. The van der Waals surface area contributed by atoms with Crippen molar-refractivity contribution in [1.82, 2.24) is 0 Å². The van der Waals surface area contributed by atoms with Gasteiger partial charge in [-0.15, -0.1) is 0 Å². The van der Waals surface area contributed by atoms with Crippen molar-refractivity contribution in [3.05, 3.63) is 108 Å². The van der Waals surface area contributed by atoms with Crippen LogP contribution in [-0.4, -0.2) is 24.1 Å². The van der Waals surface area contributed by atoms with Crippen LogP contribution in [0, 0.1) is 17.3 Å². The Bertz CT molecular complexity index is 1060. The second-order valence-electron chi connectivity index (χ2n) is 10.9. The summed E-state index contributed by atoms with van der Waals surface area (Å²) in [6, 6.07) is 29.2. The standard InChI is InChI=1S/C31H34O4/c1-29(2,3)35-27(32)26-25(30(26,4)5)21-34-28(33)31(22-15-9-6-10-16-22,23-17-11-7-12-18-23)24-19-13-8-14-20-24/h6-20,25-26H,21H2,1-5H3. The maximum Gasteiger partial charge on any atom is 0.325 e. The van der Waals surface area contributed by atoms with Crippen molar-refractivity contribution in [3.63, 3.8) is 0 Å². The quantitative estimate of drug-likeness (QED) is 0.306. The molecule has 2 atom stereocenters. The summed E-state index contributed by atoms with van der Waals surface area (Å²) in [7, 11) is 0. The van der Waals surface area contributed by atoms with Gasteiger partial charge in [0.1, 0.15) is 11.0 Å². The van der Waals surface area contributed by atoms with E-state index in [9.17, 15) is 9.59 Å². The average Bonchev–Trinajstić information content (AvgIpc) is 3.39. The van der Waals surface area contributed by atoms with Crippen LogP contribution >= 0.6 is 0 Å². The van der Waals surface area contributed by atoms with Crippen LogP contribution in [-0.2, 0) is 24.5 Å². The maximum absolute atomic E-state index is 14.2. The average molecular weight is 471 g/mol. The number of carbonyl (C=O) groups excluding carboxylic acids is 2. The maximum atomic E-state index is 14.2. The zero-order valence-corrected chi connectivity index (χ0v) is 21.2. The summed E-state index contributed by atoms with van der Waals surface area (Å²) >= 11 is 0. The molecule has 1 aliphatic carbocycles. The third-order valence-corrected chi connectivity index (χ3v) is 7.03. The van der Waals surface area contributed by atoms with E-state index in [1.165, 1.54) is 0 Å². The molecule has 0 saturated heterocycles. The van der Waals surface area contributed by atoms with Gasteiger partial charge in [0, 0.05) is 5.92 Å². The van der Waals surface area contributed by atoms with E-state index in [2.05, 4.69) is 0 Å². The molecule has 3 aromatic carbocycles. The summed E-state index contributed by atoms with van der Waals surface area (Å²) in [5.41, 5.74) is 0.519. The van der Waals surface area contributed by atoms with Gasteiger partial charge in [-0.2, -0.15) is 0 Å². The van der Waals surface area contributed by atoms with Gasteiger partial charge >= 0.3 is 11.9 Å². The smallest absolute Gasteiger partial charge is 0.325 e. The van der Waals surface area contributed by atoms with E-state index in [1.807, 2.05) is 126 Å². The van der Waals surface area contributed by atoms with Crippen LogP contribution in [0.15, 0.2) is 91.0 Å². The van der Waals surface area contributed by atoms with Gasteiger partial charge in [-0.25, -0.2) is 0 Å². The molecule has 4 nitrogen and oxygen atoms in total. The Kier molecular flexibility index (Phi) is 6.59. The molecule has 0 radical (unpaired) electrons. The lowest BCUT2D eigenvalue weighted by atomic mass is 9.69. The van der Waals surface area contributed by atoms with E-state index in [0.717, 1.165) is 16.7 Å². The predicted octanol–water partition coefficient (Wildman–Crippen LogP) is 6.18. The molecule has 4 heteroatoms. The molecule has 0 heterocycles. The molecule has 0 amide bonds. The minimum Gasteiger partial charge on any atom is -0.464 e. The SMILES string of the molecule is CC(C)(C)OC(=O)C1C(COC(=O)C(c2ccccc2)(c2ccccc2)c2ccccc2)C1(C)C. The molecule has 0 aromatic heterocycles. The first-order valence-electron chi connectivity index (χ1n) is 12.1. The molecular formula is C31H34O4. The lowest BCUT2D eigenvalue weighted by Crippen LogP contribution is -2.40. The molecular weight excluding hydrogens is 436 g/mol. The lowest BCUT2D eigenvalue weighted by Gasteiger charge is -2.33. The molecule has 35 heavy (non-hydrogen) atoms. The number of esters is 2. The van der Waals surface area contributed by atoms with Crippen molar-refractivity contribution < 1.29 is 19.1 Å². The Hall–Kier alpha value is -3.40. The normalized spacial score (nSPS) is 19.0. The van der Waals surface area contributed by atoms with Crippen molar-refractivity contribution in [3.8, 4) is 0 Å². The van der Waals surface area contributed by atoms with Crippen LogP contribution in [0.5, 0.6) is 0 Å². The van der Waals surface area contributed by atoms with E-state index in [4.69, 9.17) is 9.47 Å². The van der Waals surface area contributed by atoms with Gasteiger partial charge in [0.05, 0.1) is 12.5 Å².